The van der Waals surface area contributed by atoms with Crippen LogP contribution in [0.3, 0.4) is 0 Å². The second-order valence-corrected chi connectivity index (χ2v) is 8.91. The minimum Gasteiger partial charge on any atom is -0.478 e. The van der Waals surface area contributed by atoms with Crippen LogP contribution in [0.1, 0.15) is 34.3 Å². The highest BCUT2D eigenvalue weighted by Gasteiger charge is 2.28. The van der Waals surface area contributed by atoms with Crippen molar-refractivity contribution in [2.45, 2.75) is 18.9 Å². The third-order valence-electron chi connectivity index (χ3n) is 6.35. The average Bonchev–Trinajstić information content (AvgIpc) is 3.64. The van der Waals surface area contributed by atoms with E-state index in [1.807, 2.05) is 12.1 Å². The molecule has 0 amide bonds. The number of hydrogen-bond acceptors (Lipinski definition) is 6. The van der Waals surface area contributed by atoms with Gasteiger partial charge in [-0.05, 0) is 70.8 Å². The molecule has 11 heteroatoms. The van der Waals surface area contributed by atoms with Crippen molar-refractivity contribution in [1.29, 1.82) is 0 Å². The minimum absolute atomic E-state index is 0.142. The number of nitrogens with zero attached hydrogens (tertiary/aromatic N) is 6. The smallest absolute Gasteiger partial charge is 0.335 e. The first kappa shape index (κ1) is 21.9. The Morgan fingerprint density at radius 1 is 1.08 bits per heavy atom. The molecule has 0 saturated heterocycles. The summed E-state index contributed by atoms with van der Waals surface area (Å²) in [6, 6.07) is 15.3. The number of fused-ring (bicyclic) bond motifs is 1. The molecule has 178 valence electrons. The molecule has 10 nitrogen and oxygen atoms in total. The van der Waals surface area contributed by atoms with Crippen molar-refractivity contribution in [1.82, 2.24) is 34.7 Å². The number of rotatable bonds is 5. The normalized spacial score (nSPS) is 14.6. The Labute approximate surface area is 208 Å². The number of pyridine rings is 1. The summed E-state index contributed by atoms with van der Waals surface area (Å²) in [5.41, 5.74) is 4.75. The molecular formula is C25H18ClN7O3. The van der Waals surface area contributed by atoms with Gasteiger partial charge in [0, 0.05) is 22.3 Å². The summed E-state index contributed by atoms with van der Waals surface area (Å²) in [5.74, 6) is -0.297. The van der Waals surface area contributed by atoms with Gasteiger partial charge in [0.1, 0.15) is 12.2 Å². The molecule has 0 radical (unpaired) electrons. The predicted octanol–water partition coefficient (Wildman–Crippen LogP) is 3.77. The van der Waals surface area contributed by atoms with Gasteiger partial charge in [0.25, 0.3) is 5.56 Å². The molecule has 0 saturated carbocycles. The summed E-state index contributed by atoms with van der Waals surface area (Å²) in [6.45, 7) is 0. The minimum atomic E-state index is -0.976. The highest BCUT2D eigenvalue weighted by atomic mass is 35.5. The Morgan fingerprint density at radius 2 is 1.92 bits per heavy atom. The molecule has 0 aliphatic carbocycles. The van der Waals surface area contributed by atoms with E-state index in [4.69, 9.17) is 16.7 Å². The van der Waals surface area contributed by atoms with Gasteiger partial charge in [-0.25, -0.2) is 9.78 Å². The van der Waals surface area contributed by atoms with Gasteiger partial charge >= 0.3 is 5.97 Å². The summed E-state index contributed by atoms with van der Waals surface area (Å²) >= 11 is 6.28. The Kier molecular flexibility index (Phi) is 5.23. The second-order valence-electron chi connectivity index (χ2n) is 8.48. The van der Waals surface area contributed by atoms with Crippen molar-refractivity contribution in [3.8, 4) is 28.1 Å². The fourth-order valence-corrected chi connectivity index (χ4v) is 4.84. The summed E-state index contributed by atoms with van der Waals surface area (Å²) in [5, 5.41) is 21.0. The van der Waals surface area contributed by atoms with Crippen LogP contribution in [-0.4, -0.2) is 45.8 Å². The molecule has 1 aliphatic rings. The summed E-state index contributed by atoms with van der Waals surface area (Å²) in [6.07, 6.45) is 4.62. The van der Waals surface area contributed by atoms with Crippen LogP contribution >= 0.6 is 11.6 Å². The number of hydrogen-bond donors (Lipinski definition) is 2. The van der Waals surface area contributed by atoms with Gasteiger partial charge in [-0.15, -0.1) is 5.10 Å². The first-order valence-corrected chi connectivity index (χ1v) is 11.5. The van der Waals surface area contributed by atoms with Crippen molar-refractivity contribution in [3.05, 3.63) is 99.6 Å². The SMILES string of the molecule is O=C(O)c1ccc(-c2cnc([C@@H]3CCc4cc(-c5cc(Cl)ccc5-n5cnnn5)cc(=O)n43)[nH]2)cc1. The number of benzene rings is 2. The number of carbonyl (C=O) groups is 1. The number of tetrazole rings is 1. The van der Waals surface area contributed by atoms with E-state index in [2.05, 4.69) is 25.5 Å². The number of H-pyrrole nitrogens is 1. The van der Waals surface area contributed by atoms with E-state index in [1.165, 1.54) is 11.0 Å². The zero-order chi connectivity index (χ0) is 24.8. The topological polar surface area (TPSA) is 132 Å². The van der Waals surface area contributed by atoms with Crippen LogP contribution in [0.15, 0.2) is 71.9 Å². The molecule has 0 unspecified atom stereocenters. The van der Waals surface area contributed by atoms with Gasteiger partial charge in [-0.3, -0.25) is 4.79 Å². The van der Waals surface area contributed by atoms with Gasteiger partial charge in [0.15, 0.2) is 0 Å². The largest absolute Gasteiger partial charge is 0.478 e. The molecule has 3 aromatic heterocycles. The molecule has 1 atom stereocenters. The zero-order valence-corrected chi connectivity index (χ0v) is 19.4. The van der Waals surface area contributed by atoms with Crippen LogP contribution in [-0.2, 0) is 6.42 Å². The lowest BCUT2D eigenvalue weighted by atomic mass is 10.0. The van der Waals surface area contributed by atoms with E-state index in [0.717, 1.165) is 34.5 Å². The highest BCUT2D eigenvalue weighted by Crippen LogP contribution is 2.34. The first-order valence-electron chi connectivity index (χ1n) is 11.2. The zero-order valence-electron chi connectivity index (χ0n) is 18.7. The summed E-state index contributed by atoms with van der Waals surface area (Å²) < 4.78 is 3.30. The lowest BCUT2D eigenvalue weighted by Crippen LogP contribution is -2.23. The molecule has 2 aromatic carbocycles. The van der Waals surface area contributed by atoms with Crippen LogP contribution in [0.5, 0.6) is 0 Å². The van der Waals surface area contributed by atoms with Gasteiger partial charge in [0.05, 0.1) is 29.2 Å². The van der Waals surface area contributed by atoms with Crippen LogP contribution < -0.4 is 5.56 Å². The number of halogens is 1. The fourth-order valence-electron chi connectivity index (χ4n) is 4.67. The molecule has 2 N–H and O–H groups in total. The lowest BCUT2D eigenvalue weighted by Gasteiger charge is -2.15. The summed E-state index contributed by atoms with van der Waals surface area (Å²) in [4.78, 5) is 32.3. The third-order valence-corrected chi connectivity index (χ3v) is 6.59. The van der Waals surface area contributed by atoms with Gasteiger partial charge in [-0.2, -0.15) is 4.68 Å². The number of aromatic carboxylic acids is 1. The maximum Gasteiger partial charge on any atom is 0.335 e. The Balaban J connectivity index is 1.35. The van der Waals surface area contributed by atoms with Crippen LogP contribution in [0.2, 0.25) is 5.02 Å². The average molecular weight is 500 g/mol. The third kappa shape index (κ3) is 3.77. The maximum atomic E-state index is 13.3. The van der Waals surface area contributed by atoms with Crippen LogP contribution in [0.4, 0.5) is 0 Å². The first-order chi connectivity index (χ1) is 17.5. The van der Waals surface area contributed by atoms with E-state index < -0.39 is 5.97 Å². The fraction of sp³-hybridized carbons (Fsp3) is 0.120. The number of carboxylic acid groups (broad SMARTS) is 1. The molecule has 5 aromatic rings. The van der Waals surface area contributed by atoms with Crippen LogP contribution in [0, 0.1) is 0 Å². The number of aryl methyl sites for hydroxylation is 1. The molecule has 0 fully saturated rings. The van der Waals surface area contributed by atoms with Crippen molar-refractivity contribution < 1.29 is 9.90 Å². The van der Waals surface area contributed by atoms with E-state index >= 15 is 0 Å². The number of aromatic nitrogens is 7. The van der Waals surface area contributed by atoms with Gasteiger partial charge in [0.2, 0.25) is 0 Å². The van der Waals surface area contributed by atoms with Gasteiger partial charge in [-0.1, -0.05) is 23.7 Å². The van der Waals surface area contributed by atoms with Crippen molar-refractivity contribution in [3.63, 3.8) is 0 Å². The number of carboxylic acids is 1. The van der Waals surface area contributed by atoms with E-state index in [9.17, 15) is 9.59 Å². The molecular weight excluding hydrogens is 482 g/mol. The monoisotopic (exact) mass is 499 g/mol. The van der Waals surface area contributed by atoms with E-state index in [-0.39, 0.29) is 17.2 Å². The van der Waals surface area contributed by atoms with Crippen LogP contribution in [0.25, 0.3) is 28.1 Å². The molecule has 36 heavy (non-hydrogen) atoms. The second kappa shape index (κ2) is 8.58. The Bertz CT molecular complexity index is 1660. The van der Waals surface area contributed by atoms with Gasteiger partial charge < -0.3 is 14.7 Å². The van der Waals surface area contributed by atoms with E-state index in [1.54, 1.807) is 53.2 Å². The summed E-state index contributed by atoms with van der Waals surface area (Å²) in [7, 11) is 0. The molecule has 4 heterocycles. The van der Waals surface area contributed by atoms with Crippen molar-refractivity contribution in [2.24, 2.45) is 0 Å². The van der Waals surface area contributed by atoms with Crippen molar-refractivity contribution >= 4 is 17.6 Å². The Hall–Kier alpha value is -4.57. The predicted molar refractivity (Wildman–Crippen MR) is 131 cm³/mol. The lowest BCUT2D eigenvalue weighted by molar-refractivity contribution is 0.0697. The molecule has 6 rings (SSSR count). The number of aromatic amines is 1. The molecule has 1 aliphatic heterocycles. The highest BCUT2D eigenvalue weighted by molar-refractivity contribution is 6.31. The Morgan fingerprint density at radius 3 is 2.67 bits per heavy atom. The quantitative estimate of drug-likeness (QED) is 0.376. The maximum absolute atomic E-state index is 13.3. The van der Waals surface area contributed by atoms with E-state index in [0.29, 0.717) is 23.0 Å². The standard InChI is InChI=1S/C25H18ClN7O3/c26-17-5-7-21(32-13-28-30-31-32)19(11-17)16-9-18-6-8-22(33(18)23(34)10-16)24-27-12-20(29-24)14-1-3-15(4-2-14)25(35)36/h1-5,7,9-13,22H,6,8H2,(H,27,29)(H,35,36)/t22-/m0/s1. The van der Waals surface area contributed by atoms with Crippen molar-refractivity contribution in [2.75, 3.05) is 0 Å². The number of imidazole rings is 1. The molecule has 0 spiro atoms. The molecule has 0 bridgehead atoms. The number of nitrogens with one attached hydrogen (secondary N) is 1.